The van der Waals surface area contributed by atoms with Gasteiger partial charge in [-0.3, -0.25) is 0 Å². The molecule has 0 spiro atoms. The van der Waals surface area contributed by atoms with Gasteiger partial charge in [0.2, 0.25) is 0 Å². The molecular formula is C24H44N2. The second kappa shape index (κ2) is 8.78. The van der Waals surface area contributed by atoms with Crippen molar-refractivity contribution < 1.29 is 0 Å². The zero-order valence-corrected chi connectivity index (χ0v) is 17.8. The van der Waals surface area contributed by atoms with Crippen LogP contribution in [-0.4, -0.2) is 18.1 Å². The Bertz CT molecular complexity index is 461. The molecule has 0 aromatic carbocycles. The van der Waals surface area contributed by atoms with Crippen molar-refractivity contribution in [2.24, 2.45) is 47.2 Å². The van der Waals surface area contributed by atoms with Crippen LogP contribution in [-0.2, 0) is 0 Å². The molecule has 0 aromatic heterocycles. The summed E-state index contributed by atoms with van der Waals surface area (Å²) < 4.78 is 0. The van der Waals surface area contributed by atoms with Crippen molar-refractivity contribution >= 4 is 0 Å². The van der Waals surface area contributed by atoms with Gasteiger partial charge < -0.3 is 11.1 Å². The lowest BCUT2D eigenvalue weighted by Gasteiger charge is -2.44. The van der Waals surface area contributed by atoms with E-state index in [4.69, 9.17) is 5.73 Å². The smallest absolute Gasteiger partial charge is 0.0101 e. The van der Waals surface area contributed by atoms with E-state index in [9.17, 15) is 0 Å². The van der Waals surface area contributed by atoms with E-state index >= 15 is 0 Å². The molecule has 1 saturated heterocycles. The van der Waals surface area contributed by atoms with Gasteiger partial charge in [-0.1, -0.05) is 46.1 Å². The van der Waals surface area contributed by atoms with E-state index in [1.807, 2.05) is 0 Å². The fraction of sp³-hybridized carbons (Fsp3) is 0.917. The van der Waals surface area contributed by atoms with E-state index in [0.717, 1.165) is 41.9 Å². The molecule has 150 valence electrons. The molecule has 2 nitrogen and oxygen atoms in total. The lowest BCUT2D eigenvalue weighted by molar-refractivity contribution is 0.0758. The molecule has 0 bridgehead atoms. The Balaban J connectivity index is 1.89. The minimum Gasteiger partial charge on any atom is -0.328 e. The lowest BCUT2D eigenvalue weighted by atomic mass is 9.61. The Morgan fingerprint density at radius 3 is 2.46 bits per heavy atom. The lowest BCUT2D eigenvalue weighted by Crippen LogP contribution is -2.43. The third kappa shape index (κ3) is 4.07. The van der Waals surface area contributed by atoms with Crippen molar-refractivity contribution in [3.63, 3.8) is 0 Å². The highest BCUT2D eigenvalue weighted by molar-refractivity contribution is 5.06. The summed E-state index contributed by atoms with van der Waals surface area (Å²) in [5, 5.41) is 4.04. The van der Waals surface area contributed by atoms with Crippen LogP contribution in [0, 0.1) is 41.4 Å². The van der Waals surface area contributed by atoms with Gasteiger partial charge in [-0.05, 0) is 80.5 Å². The average molecular weight is 361 g/mol. The van der Waals surface area contributed by atoms with Crippen LogP contribution >= 0.6 is 0 Å². The number of nitrogens with two attached hydrogens (primary N) is 1. The second-order valence-corrected chi connectivity index (χ2v) is 10.2. The molecule has 10 atom stereocenters. The first-order chi connectivity index (χ1) is 12.5. The Morgan fingerprint density at radius 2 is 1.77 bits per heavy atom. The van der Waals surface area contributed by atoms with Crippen molar-refractivity contribution in [2.45, 2.75) is 97.2 Å². The molecule has 2 saturated carbocycles. The summed E-state index contributed by atoms with van der Waals surface area (Å²) in [4.78, 5) is 0. The molecule has 0 radical (unpaired) electrons. The van der Waals surface area contributed by atoms with Gasteiger partial charge in [0.05, 0.1) is 0 Å². The topological polar surface area (TPSA) is 38.0 Å². The monoisotopic (exact) mass is 360 g/mol. The van der Waals surface area contributed by atoms with Gasteiger partial charge in [-0.2, -0.15) is 0 Å². The number of allylic oxidation sites excluding steroid dienone is 1. The zero-order chi connectivity index (χ0) is 18.8. The number of nitrogens with one attached hydrogen (secondary N) is 1. The Hall–Kier alpha value is -0.340. The normalized spacial score (nSPS) is 50.3. The SMILES string of the molecule is C=CC1CC(N)CCC1C1C(CC)NC(C)C1C1CC(C)CCCC1C. The number of hydrogen-bond donors (Lipinski definition) is 2. The third-order valence-corrected chi connectivity index (χ3v) is 8.45. The molecular weight excluding hydrogens is 316 g/mol. The van der Waals surface area contributed by atoms with Crippen LogP contribution in [0.2, 0.25) is 0 Å². The molecule has 3 aliphatic rings. The van der Waals surface area contributed by atoms with Crippen molar-refractivity contribution in [1.82, 2.24) is 5.32 Å². The Labute approximate surface area is 162 Å². The Kier molecular flexibility index (Phi) is 6.88. The minimum atomic E-state index is 0.386. The second-order valence-electron chi connectivity index (χ2n) is 10.2. The van der Waals surface area contributed by atoms with Gasteiger partial charge in [-0.15, -0.1) is 6.58 Å². The molecule has 1 aliphatic heterocycles. The predicted octanol–water partition coefficient (Wildman–Crippen LogP) is 5.38. The Morgan fingerprint density at radius 1 is 1.00 bits per heavy atom. The van der Waals surface area contributed by atoms with Gasteiger partial charge in [0, 0.05) is 18.1 Å². The van der Waals surface area contributed by atoms with Crippen LogP contribution in [0.25, 0.3) is 0 Å². The quantitative estimate of drug-likeness (QED) is 0.521. The van der Waals surface area contributed by atoms with E-state index < -0.39 is 0 Å². The van der Waals surface area contributed by atoms with Crippen LogP contribution in [0.5, 0.6) is 0 Å². The summed E-state index contributed by atoms with van der Waals surface area (Å²) in [5.74, 6) is 5.70. The largest absolute Gasteiger partial charge is 0.328 e. The maximum absolute atomic E-state index is 6.33. The maximum atomic E-state index is 6.33. The predicted molar refractivity (Wildman–Crippen MR) is 113 cm³/mol. The molecule has 3 fully saturated rings. The summed E-state index contributed by atoms with van der Waals surface area (Å²) in [7, 11) is 0. The fourth-order valence-corrected chi connectivity index (χ4v) is 7.16. The van der Waals surface area contributed by atoms with Crippen molar-refractivity contribution in [2.75, 3.05) is 0 Å². The standard InChI is InChI=1S/C24H44N2/c1-6-18-14-19(25)11-12-20(18)24-22(7-2)26-17(5)23(24)21-13-15(3)9-8-10-16(21)4/h6,15-24,26H,1,7-14,25H2,2-5H3. The third-order valence-electron chi connectivity index (χ3n) is 8.45. The van der Waals surface area contributed by atoms with Gasteiger partial charge in [0.1, 0.15) is 0 Å². The molecule has 1 heterocycles. The first-order valence-electron chi connectivity index (χ1n) is 11.6. The summed E-state index contributed by atoms with van der Waals surface area (Å²) in [5.41, 5.74) is 6.33. The van der Waals surface area contributed by atoms with Gasteiger partial charge in [-0.25, -0.2) is 0 Å². The molecule has 2 aliphatic carbocycles. The van der Waals surface area contributed by atoms with Crippen molar-refractivity contribution in [1.29, 1.82) is 0 Å². The van der Waals surface area contributed by atoms with Crippen LogP contribution in [0.4, 0.5) is 0 Å². The minimum absolute atomic E-state index is 0.386. The highest BCUT2D eigenvalue weighted by Gasteiger charge is 2.50. The van der Waals surface area contributed by atoms with E-state index in [-0.39, 0.29) is 0 Å². The average Bonchev–Trinajstić information content (AvgIpc) is 2.85. The van der Waals surface area contributed by atoms with E-state index in [1.165, 1.54) is 44.9 Å². The van der Waals surface area contributed by atoms with Crippen LogP contribution in [0.1, 0.15) is 79.1 Å². The van der Waals surface area contributed by atoms with Crippen LogP contribution in [0.15, 0.2) is 12.7 Å². The van der Waals surface area contributed by atoms with Gasteiger partial charge in [0.15, 0.2) is 0 Å². The summed E-state index contributed by atoms with van der Waals surface area (Å²) >= 11 is 0. The summed E-state index contributed by atoms with van der Waals surface area (Å²) in [6, 6.07) is 1.72. The molecule has 26 heavy (non-hydrogen) atoms. The molecule has 2 heteroatoms. The summed E-state index contributed by atoms with van der Waals surface area (Å²) in [6.45, 7) is 14.1. The number of rotatable bonds is 4. The molecule has 0 amide bonds. The first-order valence-corrected chi connectivity index (χ1v) is 11.6. The molecule has 0 aromatic rings. The van der Waals surface area contributed by atoms with E-state index in [2.05, 4.69) is 45.7 Å². The summed E-state index contributed by atoms with van der Waals surface area (Å²) in [6.07, 6.45) is 12.9. The van der Waals surface area contributed by atoms with Gasteiger partial charge in [0.25, 0.3) is 0 Å². The van der Waals surface area contributed by atoms with Gasteiger partial charge >= 0.3 is 0 Å². The number of hydrogen-bond acceptors (Lipinski definition) is 2. The van der Waals surface area contributed by atoms with Crippen LogP contribution < -0.4 is 11.1 Å². The molecule has 3 rings (SSSR count). The van der Waals surface area contributed by atoms with E-state index in [1.54, 1.807) is 0 Å². The highest BCUT2D eigenvalue weighted by atomic mass is 15.0. The van der Waals surface area contributed by atoms with E-state index in [0.29, 0.717) is 24.0 Å². The maximum Gasteiger partial charge on any atom is 0.0101 e. The first kappa shape index (κ1) is 20.4. The molecule has 3 N–H and O–H groups in total. The highest BCUT2D eigenvalue weighted by Crippen LogP contribution is 2.50. The van der Waals surface area contributed by atoms with Crippen molar-refractivity contribution in [3.05, 3.63) is 12.7 Å². The molecule has 10 unspecified atom stereocenters. The fourth-order valence-electron chi connectivity index (χ4n) is 7.16. The van der Waals surface area contributed by atoms with Crippen molar-refractivity contribution in [3.8, 4) is 0 Å². The zero-order valence-electron chi connectivity index (χ0n) is 17.8. The van der Waals surface area contributed by atoms with Crippen LogP contribution in [0.3, 0.4) is 0 Å².